The molecule has 25 heavy (non-hydrogen) atoms. The number of carboxylic acid groups (broad SMARTS) is 1. The Morgan fingerprint density at radius 2 is 1.88 bits per heavy atom. The number of anilines is 1. The Hall–Kier alpha value is -2.87. The van der Waals surface area contributed by atoms with E-state index in [-0.39, 0.29) is 10.5 Å². The van der Waals surface area contributed by atoms with Crippen molar-refractivity contribution in [2.75, 3.05) is 4.72 Å². The van der Waals surface area contributed by atoms with E-state index in [1.54, 1.807) is 39.0 Å². The van der Waals surface area contributed by atoms with E-state index in [0.717, 1.165) is 6.07 Å². The zero-order chi connectivity index (χ0) is 18.4. The Labute approximate surface area is 144 Å². The second kappa shape index (κ2) is 5.89. The second-order valence-electron chi connectivity index (χ2n) is 5.72. The lowest BCUT2D eigenvalue weighted by atomic mass is 10.1. The summed E-state index contributed by atoms with van der Waals surface area (Å²) in [4.78, 5) is 15.2. The van der Waals surface area contributed by atoms with Crippen LogP contribution in [0.15, 0.2) is 39.6 Å². The third-order valence-corrected chi connectivity index (χ3v) is 5.40. The number of aryl methyl sites for hydroxylation is 2. The van der Waals surface area contributed by atoms with Gasteiger partial charge >= 0.3 is 0 Å². The molecule has 130 valence electrons. The van der Waals surface area contributed by atoms with Crippen molar-refractivity contribution in [3.05, 3.63) is 52.9 Å². The molecule has 0 fully saturated rings. The maximum absolute atomic E-state index is 12.7. The van der Waals surface area contributed by atoms with Crippen molar-refractivity contribution >= 4 is 32.8 Å². The van der Waals surface area contributed by atoms with E-state index in [9.17, 15) is 18.3 Å². The number of aromatic nitrogens is 1. The normalized spacial score (nSPS) is 11.6. The van der Waals surface area contributed by atoms with Gasteiger partial charge in [0.25, 0.3) is 10.0 Å². The number of hydrogen-bond donors (Lipinski definition) is 1. The highest BCUT2D eigenvalue weighted by Gasteiger charge is 2.20. The van der Waals surface area contributed by atoms with E-state index in [1.165, 1.54) is 6.07 Å². The van der Waals surface area contributed by atoms with Gasteiger partial charge in [0.2, 0.25) is 0 Å². The molecule has 0 spiro atoms. The van der Waals surface area contributed by atoms with Gasteiger partial charge in [0.15, 0.2) is 11.5 Å². The van der Waals surface area contributed by atoms with Crippen LogP contribution in [0.1, 0.15) is 27.4 Å². The van der Waals surface area contributed by atoms with Gasteiger partial charge in [-0.3, -0.25) is 4.72 Å². The molecule has 2 aromatic carbocycles. The van der Waals surface area contributed by atoms with Gasteiger partial charge in [0, 0.05) is 6.92 Å². The summed E-state index contributed by atoms with van der Waals surface area (Å²) in [7, 11) is -3.98. The average Bonchev–Trinajstić information content (AvgIpc) is 2.88. The van der Waals surface area contributed by atoms with Crippen molar-refractivity contribution < 1.29 is 22.7 Å². The minimum absolute atomic E-state index is 0.108. The monoisotopic (exact) mass is 359 g/mol. The lowest BCUT2D eigenvalue weighted by molar-refractivity contribution is -0.255. The molecule has 3 rings (SSSR count). The highest BCUT2D eigenvalue weighted by atomic mass is 32.2. The fourth-order valence-electron chi connectivity index (χ4n) is 2.54. The van der Waals surface area contributed by atoms with E-state index in [1.807, 2.05) is 0 Å². The van der Waals surface area contributed by atoms with Gasteiger partial charge in [-0.1, -0.05) is 0 Å². The maximum atomic E-state index is 12.7. The highest BCUT2D eigenvalue weighted by Crippen LogP contribution is 2.25. The average molecular weight is 359 g/mol. The summed E-state index contributed by atoms with van der Waals surface area (Å²) in [5, 5.41) is 11.1. The van der Waals surface area contributed by atoms with Crippen LogP contribution in [0.2, 0.25) is 0 Å². The minimum Gasteiger partial charge on any atom is -0.545 e. The van der Waals surface area contributed by atoms with Crippen LogP contribution in [-0.2, 0) is 10.0 Å². The van der Waals surface area contributed by atoms with Gasteiger partial charge in [0.1, 0.15) is 5.52 Å². The number of carbonyl (C=O) groups excluding carboxylic acids is 1. The number of hydrogen-bond acceptors (Lipinski definition) is 6. The molecule has 0 aliphatic rings. The molecule has 8 heteroatoms. The number of aromatic carboxylic acids is 1. The van der Waals surface area contributed by atoms with Crippen molar-refractivity contribution in [2.45, 2.75) is 25.7 Å². The number of benzene rings is 2. The molecule has 0 aliphatic carbocycles. The van der Waals surface area contributed by atoms with Crippen molar-refractivity contribution in [2.24, 2.45) is 0 Å². The predicted octanol–water partition coefficient (Wildman–Crippen LogP) is 1.92. The summed E-state index contributed by atoms with van der Waals surface area (Å²) in [6, 6.07) is 7.19. The second-order valence-corrected chi connectivity index (χ2v) is 7.38. The number of oxazole rings is 1. The van der Waals surface area contributed by atoms with E-state index in [2.05, 4.69) is 9.71 Å². The molecule has 0 bridgehead atoms. The van der Waals surface area contributed by atoms with Crippen molar-refractivity contribution in [1.82, 2.24) is 4.98 Å². The first-order chi connectivity index (χ1) is 11.7. The van der Waals surface area contributed by atoms with E-state index < -0.39 is 16.0 Å². The van der Waals surface area contributed by atoms with Crippen LogP contribution in [-0.4, -0.2) is 19.4 Å². The number of nitrogens with one attached hydrogen (secondary N) is 1. The fourth-order valence-corrected chi connectivity index (χ4v) is 3.93. The molecule has 1 N–H and O–H groups in total. The molecule has 7 nitrogen and oxygen atoms in total. The highest BCUT2D eigenvalue weighted by molar-refractivity contribution is 7.92. The summed E-state index contributed by atoms with van der Waals surface area (Å²) in [5.41, 5.74) is 2.20. The number of carboxylic acids is 1. The number of rotatable bonds is 4. The van der Waals surface area contributed by atoms with E-state index >= 15 is 0 Å². The Balaban J connectivity index is 2.05. The van der Waals surface area contributed by atoms with E-state index in [4.69, 9.17) is 4.42 Å². The Morgan fingerprint density at radius 1 is 1.16 bits per heavy atom. The molecular formula is C17H15N2O5S-. The summed E-state index contributed by atoms with van der Waals surface area (Å²) in [5.74, 6) is -0.956. The first kappa shape index (κ1) is 17.0. The molecule has 0 amide bonds. The molecule has 1 heterocycles. The van der Waals surface area contributed by atoms with Gasteiger partial charge in [-0.05, 0) is 60.9 Å². The van der Waals surface area contributed by atoms with Crippen LogP contribution >= 0.6 is 0 Å². The Bertz CT molecular complexity index is 1100. The molecule has 0 saturated heterocycles. The largest absolute Gasteiger partial charge is 0.545 e. The molecule has 1 aromatic heterocycles. The summed E-state index contributed by atoms with van der Waals surface area (Å²) in [6.07, 6.45) is 0. The third kappa shape index (κ3) is 3.20. The van der Waals surface area contributed by atoms with Gasteiger partial charge < -0.3 is 14.3 Å². The zero-order valence-corrected chi connectivity index (χ0v) is 14.6. The Morgan fingerprint density at radius 3 is 2.56 bits per heavy atom. The van der Waals surface area contributed by atoms with Crippen LogP contribution < -0.4 is 9.83 Å². The van der Waals surface area contributed by atoms with Crippen LogP contribution in [0.4, 0.5) is 5.69 Å². The van der Waals surface area contributed by atoms with Gasteiger partial charge in [0.05, 0.1) is 16.6 Å². The first-order valence-electron chi connectivity index (χ1n) is 7.40. The van der Waals surface area contributed by atoms with Crippen LogP contribution in [0, 0.1) is 20.8 Å². The topological polar surface area (TPSA) is 112 Å². The summed E-state index contributed by atoms with van der Waals surface area (Å²) in [6.45, 7) is 4.96. The molecule has 0 unspecified atom stereocenters. The molecule has 0 saturated carbocycles. The van der Waals surface area contributed by atoms with Crippen molar-refractivity contribution in [3.63, 3.8) is 0 Å². The van der Waals surface area contributed by atoms with Gasteiger partial charge in [-0.25, -0.2) is 13.4 Å². The fraction of sp³-hybridized carbons (Fsp3) is 0.176. The molecule has 3 aromatic rings. The molecule has 0 aliphatic heterocycles. The minimum atomic E-state index is -3.98. The third-order valence-electron chi connectivity index (χ3n) is 3.89. The SMILES string of the molecule is Cc1nc2cc(NS(=O)(=O)c3cc(C(=O)[O-])cc(C)c3C)ccc2o1. The van der Waals surface area contributed by atoms with Crippen molar-refractivity contribution in [3.8, 4) is 0 Å². The van der Waals surface area contributed by atoms with Crippen molar-refractivity contribution in [1.29, 1.82) is 0 Å². The van der Waals surface area contributed by atoms with Gasteiger partial charge in [-0.15, -0.1) is 0 Å². The summed E-state index contributed by atoms with van der Waals surface area (Å²) >= 11 is 0. The number of carbonyl (C=O) groups is 1. The lowest BCUT2D eigenvalue weighted by Crippen LogP contribution is -2.23. The smallest absolute Gasteiger partial charge is 0.262 e. The first-order valence-corrected chi connectivity index (χ1v) is 8.88. The molecule has 0 radical (unpaired) electrons. The van der Waals surface area contributed by atoms with Gasteiger partial charge in [-0.2, -0.15) is 0 Å². The molecule has 0 atom stereocenters. The standard InChI is InChI=1S/C17H16N2O5S/c1-9-6-12(17(20)21)7-16(10(9)2)25(22,23)19-13-4-5-15-14(8-13)18-11(3)24-15/h4-8,19H,1-3H3,(H,20,21)/p-1. The zero-order valence-electron chi connectivity index (χ0n) is 13.8. The van der Waals surface area contributed by atoms with Crippen LogP contribution in [0.25, 0.3) is 11.1 Å². The van der Waals surface area contributed by atoms with E-state index in [0.29, 0.717) is 33.8 Å². The number of sulfonamides is 1. The quantitative estimate of drug-likeness (QED) is 0.761. The number of nitrogens with zero attached hydrogens (tertiary/aromatic N) is 1. The lowest BCUT2D eigenvalue weighted by Gasteiger charge is -2.14. The molecular weight excluding hydrogens is 344 g/mol. The predicted molar refractivity (Wildman–Crippen MR) is 89.8 cm³/mol. The van der Waals surface area contributed by atoms with Crippen LogP contribution in [0.3, 0.4) is 0 Å². The number of fused-ring (bicyclic) bond motifs is 1. The Kier molecular flexibility index (Phi) is 4.00. The summed E-state index contributed by atoms with van der Waals surface area (Å²) < 4.78 is 33.2. The maximum Gasteiger partial charge on any atom is 0.262 e. The van der Waals surface area contributed by atoms with Crippen LogP contribution in [0.5, 0.6) is 0 Å².